The van der Waals surface area contributed by atoms with Gasteiger partial charge in [-0.3, -0.25) is 4.79 Å². The highest BCUT2D eigenvalue weighted by Crippen LogP contribution is 2.38. The van der Waals surface area contributed by atoms with Crippen molar-refractivity contribution < 1.29 is 4.79 Å². The zero-order valence-electron chi connectivity index (χ0n) is 9.34. The van der Waals surface area contributed by atoms with Gasteiger partial charge in [-0.1, -0.05) is 29.3 Å². The van der Waals surface area contributed by atoms with Crippen molar-refractivity contribution in [2.45, 2.75) is 32.6 Å². The highest BCUT2D eigenvalue weighted by Gasteiger charge is 2.39. The molecule has 15 heavy (non-hydrogen) atoms. The van der Waals surface area contributed by atoms with Crippen LogP contribution in [0.2, 0.25) is 0 Å². The Bertz CT molecular complexity index is 244. The van der Waals surface area contributed by atoms with E-state index in [1.807, 2.05) is 0 Å². The van der Waals surface area contributed by atoms with Gasteiger partial charge < -0.3 is 5.32 Å². The summed E-state index contributed by atoms with van der Waals surface area (Å²) < 4.78 is 0. The van der Waals surface area contributed by atoms with Crippen LogP contribution in [0.3, 0.4) is 0 Å². The average Bonchev–Trinajstić information content (AvgIpc) is 2.81. The van der Waals surface area contributed by atoms with Gasteiger partial charge in [-0.25, -0.2) is 0 Å². The Balaban J connectivity index is 1.70. The summed E-state index contributed by atoms with van der Waals surface area (Å²) >= 11 is 3.56. The first-order valence-electron chi connectivity index (χ1n) is 6.06. The van der Waals surface area contributed by atoms with E-state index in [0.717, 1.165) is 24.2 Å². The molecule has 2 nitrogen and oxygen atoms in total. The van der Waals surface area contributed by atoms with Crippen LogP contribution >= 0.6 is 15.9 Å². The average molecular weight is 274 g/mol. The van der Waals surface area contributed by atoms with Gasteiger partial charge in [-0.2, -0.15) is 0 Å². The molecule has 1 amide bonds. The quantitative estimate of drug-likeness (QED) is 0.784. The number of amides is 1. The summed E-state index contributed by atoms with van der Waals surface area (Å²) in [7, 11) is 0. The molecular formula is C12H20BrNO. The van der Waals surface area contributed by atoms with Gasteiger partial charge in [0, 0.05) is 17.8 Å². The first kappa shape index (κ1) is 11.4. The van der Waals surface area contributed by atoms with Crippen molar-refractivity contribution in [3.63, 3.8) is 0 Å². The highest BCUT2D eigenvalue weighted by molar-refractivity contribution is 9.09. The molecular weight excluding hydrogens is 254 g/mol. The minimum atomic E-state index is 0.294. The number of carbonyl (C=O) groups is 1. The van der Waals surface area contributed by atoms with E-state index in [-0.39, 0.29) is 0 Å². The summed E-state index contributed by atoms with van der Waals surface area (Å²) in [6.45, 7) is 3.05. The van der Waals surface area contributed by atoms with Gasteiger partial charge in [0.1, 0.15) is 0 Å². The Morgan fingerprint density at radius 1 is 1.40 bits per heavy atom. The molecule has 2 fully saturated rings. The van der Waals surface area contributed by atoms with Crippen LogP contribution in [0.4, 0.5) is 0 Å². The normalized spacial score (nSPS) is 39.1. The second-order valence-corrected chi connectivity index (χ2v) is 5.82. The van der Waals surface area contributed by atoms with E-state index in [0.29, 0.717) is 23.7 Å². The Kier molecular flexibility index (Phi) is 3.70. The number of hydrogen-bond donors (Lipinski definition) is 1. The molecule has 0 aromatic heterocycles. The Morgan fingerprint density at radius 2 is 2.07 bits per heavy atom. The van der Waals surface area contributed by atoms with Crippen LogP contribution in [0, 0.1) is 23.7 Å². The smallest absolute Gasteiger partial charge is 0.223 e. The van der Waals surface area contributed by atoms with Crippen molar-refractivity contribution in [1.29, 1.82) is 0 Å². The number of nitrogens with one attached hydrogen (secondary N) is 1. The SMILES string of the molecule is CC1CC1C(=O)NCC1CCCC1CBr. The molecule has 2 aliphatic carbocycles. The largest absolute Gasteiger partial charge is 0.356 e. The van der Waals surface area contributed by atoms with E-state index < -0.39 is 0 Å². The Hall–Kier alpha value is -0.0500. The number of rotatable bonds is 4. The van der Waals surface area contributed by atoms with E-state index >= 15 is 0 Å². The number of hydrogen-bond acceptors (Lipinski definition) is 1. The molecule has 0 aromatic rings. The standard InChI is InChI=1S/C12H20BrNO/c1-8-5-11(8)12(15)14-7-10-4-2-3-9(10)6-13/h8-11H,2-7H2,1H3,(H,14,15). The van der Waals surface area contributed by atoms with Crippen molar-refractivity contribution in [3.8, 4) is 0 Å². The number of alkyl halides is 1. The van der Waals surface area contributed by atoms with Crippen LogP contribution in [-0.2, 0) is 4.79 Å². The van der Waals surface area contributed by atoms with Crippen molar-refractivity contribution in [2.75, 3.05) is 11.9 Å². The molecule has 0 saturated heterocycles. The van der Waals surface area contributed by atoms with Crippen molar-refractivity contribution in [3.05, 3.63) is 0 Å². The Labute approximate surface area is 100 Å². The lowest BCUT2D eigenvalue weighted by molar-refractivity contribution is -0.122. The maximum Gasteiger partial charge on any atom is 0.223 e. The molecule has 2 aliphatic rings. The lowest BCUT2D eigenvalue weighted by Crippen LogP contribution is -2.32. The third-order valence-corrected chi connectivity index (χ3v) is 4.83. The summed E-state index contributed by atoms with van der Waals surface area (Å²) in [5.74, 6) is 2.74. The van der Waals surface area contributed by atoms with Gasteiger partial charge >= 0.3 is 0 Å². The summed E-state index contributed by atoms with van der Waals surface area (Å²) in [4.78, 5) is 11.6. The number of carbonyl (C=O) groups excluding carboxylic acids is 1. The topological polar surface area (TPSA) is 29.1 Å². The third kappa shape index (κ3) is 2.74. The minimum absolute atomic E-state index is 0.294. The van der Waals surface area contributed by atoms with Crippen LogP contribution < -0.4 is 5.32 Å². The van der Waals surface area contributed by atoms with Gasteiger partial charge in [0.25, 0.3) is 0 Å². The van der Waals surface area contributed by atoms with Crippen LogP contribution in [0.1, 0.15) is 32.6 Å². The van der Waals surface area contributed by atoms with Crippen LogP contribution in [0.15, 0.2) is 0 Å². The first-order chi connectivity index (χ1) is 7.22. The maximum atomic E-state index is 11.6. The molecule has 1 N–H and O–H groups in total. The molecule has 0 radical (unpaired) electrons. The number of halogens is 1. The van der Waals surface area contributed by atoms with Gasteiger partial charge in [0.05, 0.1) is 0 Å². The van der Waals surface area contributed by atoms with Crippen molar-refractivity contribution in [2.24, 2.45) is 23.7 Å². The fourth-order valence-corrected chi connectivity index (χ4v) is 3.49. The van der Waals surface area contributed by atoms with Gasteiger partial charge in [0.15, 0.2) is 0 Å². The predicted molar refractivity (Wildman–Crippen MR) is 64.9 cm³/mol. The molecule has 0 spiro atoms. The zero-order chi connectivity index (χ0) is 10.8. The summed E-state index contributed by atoms with van der Waals surface area (Å²) in [6, 6.07) is 0. The minimum Gasteiger partial charge on any atom is -0.356 e. The monoisotopic (exact) mass is 273 g/mol. The lowest BCUT2D eigenvalue weighted by Gasteiger charge is -2.17. The molecule has 3 heteroatoms. The van der Waals surface area contributed by atoms with E-state index in [4.69, 9.17) is 0 Å². The fourth-order valence-electron chi connectivity index (χ4n) is 2.64. The molecule has 2 saturated carbocycles. The molecule has 0 aliphatic heterocycles. The van der Waals surface area contributed by atoms with E-state index in [9.17, 15) is 4.79 Å². The Morgan fingerprint density at radius 3 is 2.67 bits per heavy atom. The van der Waals surface area contributed by atoms with Crippen molar-refractivity contribution >= 4 is 21.8 Å². The molecule has 4 atom stereocenters. The molecule has 0 aromatic carbocycles. The molecule has 86 valence electrons. The second kappa shape index (κ2) is 4.86. The first-order valence-corrected chi connectivity index (χ1v) is 7.18. The van der Waals surface area contributed by atoms with E-state index in [2.05, 4.69) is 28.2 Å². The van der Waals surface area contributed by atoms with E-state index in [1.54, 1.807) is 0 Å². The van der Waals surface area contributed by atoms with Gasteiger partial charge in [-0.05, 0) is 37.0 Å². The molecule has 0 bridgehead atoms. The molecule has 4 unspecified atom stereocenters. The molecule has 0 heterocycles. The molecule has 2 rings (SSSR count). The lowest BCUT2D eigenvalue weighted by atomic mass is 9.98. The fraction of sp³-hybridized carbons (Fsp3) is 0.917. The highest BCUT2D eigenvalue weighted by atomic mass is 79.9. The van der Waals surface area contributed by atoms with Crippen LogP contribution in [-0.4, -0.2) is 17.8 Å². The van der Waals surface area contributed by atoms with E-state index in [1.165, 1.54) is 19.3 Å². The van der Waals surface area contributed by atoms with Crippen LogP contribution in [0.25, 0.3) is 0 Å². The predicted octanol–water partition coefficient (Wildman–Crippen LogP) is 2.57. The van der Waals surface area contributed by atoms with Crippen LogP contribution in [0.5, 0.6) is 0 Å². The van der Waals surface area contributed by atoms with Gasteiger partial charge in [0.2, 0.25) is 5.91 Å². The zero-order valence-corrected chi connectivity index (χ0v) is 10.9. The third-order valence-electron chi connectivity index (χ3n) is 4.00. The maximum absolute atomic E-state index is 11.6. The summed E-state index contributed by atoms with van der Waals surface area (Å²) in [5.41, 5.74) is 0. The second-order valence-electron chi connectivity index (χ2n) is 5.17. The summed E-state index contributed by atoms with van der Waals surface area (Å²) in [5, 5.41) is 4.21. The van der Waals surface area contributed by atoms with Gasteiger partial charge in [-0.15, -0.1) is 0 Å². The van der Waals surface area contributed by atoms with Crippen molar-refractivity contribution in [1.82, 2.24) is 5.32 Å². The summed E-state index contributed by atoms with van der Waals surface area (Å²) in [6.07, 6.45) is 5.04.